The maximum Gasteiger partial charge on any atom is 0.119 e. The molecule has 1 fully saturated rings. The molecule has 0 bridgehead atoms. The number of piperidine rings is 1. The molecule has 88 valence electrons. The Morgan fingerprint density at radius 3 is 2.50 bits per heavy atom. The van der Waals surface area contributed by atoms with E-state index in [1.54, 1.807) is 0 Å². The Morgan fingerprint density at radius 1 is 1.19 bits per heavy atom. The first-order valence-corrected chi connectivity index (χ1v) is 5.92. The molecule has 1 aliphatic rings. The van der Waals surface area contributed by atoms with E-state index in [0.717, 1.165) is 31.0 Å². The highest BCUT2D eigenvalue weighted by molar-refractivity contribution is 5.26. The summed E-state index contributed by atoms with van der Waals surface area (Å²) in [6, 6.07) is 7.65. The first-order chi connectivity index (χ1) is 7.88. The fourth-order valence-electron chi connectivity index (χ4n) is 1.95. The van der Waals surface area contributed by atoms with Crippen LogP contribution < -0.4 is 10.1 Å². The molecule has 16 heavy (non-hydrogen) atoms. The molecule has 3 heteroatoms. The van der Waals surface area contributed by atoms with E-state index in [0.29, 0.717) is 5.92 Å². The zero-order valence-corrected chi connectivity index (χ0v) is 9.48. The molecule has 0 unspecified atom stereocenters. The number of benzene rings is 1. The van der Waals surface area contributed by atoms with Gasteiger partial charge < -0.3 is 15.2 Å². The molecule has 0 amide bonds. The van der Waals surface area contributed by atoms with Crippen molar-refractivity contribution in [2.75, 3.05) is 19.7 Å². The van der Waals surface area contributed by atoms with Crippen molar-refractivity contribution in [2.24, 2.45) is 5.92 Å². The van der Waals surface area contributed by atoms with E-state index < -0.39 is 0 Å². The number of rotatable bonds is 4. The van der Waals surface area contributed by atoms with Gasteiger partial charge in [-0.1, -0.05) is 12.1 Å². The van der Waals surface area contributed by atoms with E-state index in [2.05, 4.69) is 5.32 Å². The number of aliphatic hydroxyl groups excluding tert-OH is 1. The monoisotopic (exact) mass is 221 g/mol. The summed E-state index contributed by atoms with van der Waals surface area (Å²) in [4.78, 5) is 0. The fourth-order valence-corrected chi connectivity index (χ4v) is 1.95. The molecule has 1 saturated heterocycles. The molecule has 1 heterocycles. The molecule has 0 spiro atoms. The highest BCUT2D eigenvalue weighted by atomic mass is 16.5. The molecule has 3 nitrogen and oxygen atoms in total. The predicted octanol–water partition coefficient (Wildman–Crippen LogP) is 1.56. The van der Waals surface area contributed by atoms with Crippen LogP contribution in [0, 0.1) is 5.92 Å². The Labute approximate surface area is 96.4 Å². The van der Waals surface area contributed by atoms with E-state index in [4.69, 9.17) is 9.84 Å². The second-order valence-corrected chi connectivity index (χ2v) is 4.31. The number of ether oxygens (including phenoxy) is 1. The Morgan fingerprint density at radius 2 is 1.88 bits per heavy atom. The van der Waals surface area contributed by atoms with Crippen molar-refractivity contribution in [3.63, 3.8) is 0 Å². The molecular weight excluding hydrogens is 202 g/mol. The Balaban J connectivity index is 1.79. The minimum absolute atomic E-state index is 0.0918. The van der Waals surface area contributed by atoms with Gasteiger partial charge in [0.05, 0.1) is 13.2 Å². The van der Waals surface area contributed by atoms with Crippen LogP contribution in [0.5, 0.6) is 5.75 Å². The van der Waals surface area contributed by atoms with E-state index >= 15 is 0 Å². The summed E-state index contributed by atoms with van der Waals surface area (Å²) >= 11 is 0. The minimum atomic E-state index is 0.0918. The van der Waals surface area contributed by atoms with Crippen LogP contribution in [-0.2, 0) is 6.61 Å². The summed E-state index contributed by atoms with van der Waals surface area (Å²) in [6.07, 6.45) is 2.41. The van der Waals surface area contributed by atoms with Crippen LogP contribution in [0.1, 0.15) is 18.4 Å². The minimum Gasteiger partial charge on any atom is -0.493 e. The van der Waals surface area contributed by atoms with E-state index in [1.165, 1.54) is 12.8 Å². The zero-order chi connectivity index (χ0) is 11.2. The maximum absolute atomic E-state index is 8.91. The first-order valence-electron chi connectivity index (χ1n) is 5.92. The second-order valence-electron chi connectivity index (χ2n) is 4.31. The molecule has 2 rings (SSSR count). The van der Waals surface area contributed by atoms with Gasteiger partial charge >= 0.3 is 0 Å². The Kier molecular flexibility index (Phi) is 4.19. The summed E-state index contributed by atoms with van der Waals surface area (Å²) in [5.41, 5.74) is 0.925. The van der Waals surface area contributed by atoms with Gasteiger partial charge in [-0.2, -0.15) is 0 Å². The summed E-state index contributed by atoms with van der Waals surface area (Å²) in [6.45, 7) is 3.11. The average molecular weight is 221 g/mol. The van der Waals surface area contributed by atoms with Crippen LogP contribution in [0.3, 0.4) is 0 Å². The molecule has 0 atom stereocenters. The van der Waals surface area contributed by atoms with Gasteiger partial charge in [-0.05, 0) is 49.5 Å². The quantitative estimate of drug-likeness (QED) is 0.810. The lowest BCUT2D eigenvalue weighted by Gasteiger charge is -2.22. The Bertz CT molecular complexity index is 304. The lowest BCUT2D eigenvalue weighted by Crippen LogP contribution is -2.30. The van der Waals surface area contributed by atoms with Crippen LogP contribution in [0.2, 0.25) is 0 Å². The summed E-state index contributed by atoms with van der Waals surface area (Å²) in [7, 11) is 0. The average Bonchev–Trinajstić information content (AvgIpc) is 2.38. The maximum atomic E-state index is 8.91. The van der Waals surface area contributed by atoms with Crippen molar-refractivity contribution in [3.8, 4) is 5.75 Å². The molecular formula is C13H19NO2. The first kappa shape index (κ1) is 11.4. The smallest absolute Gasteiger partial charge is 0.119 e. The van der Waals surface area contributed by atoms with Gasteiger partial charge in [0, 0.05) is 0 Å². The molecule has 0 radical (unpaired) electrons. The number of hydrogen-bond acceptors (Lipinski definition) is 3. The molecule has 0 aliphatic carbocycles. The molecule has 1 aliphatic heterocycles. The molecule has 0 saturated carbocycles. The van der Waals surface area contributed by atoms with Gasteiger partial charge in [-0.15, -0.1) is 0 Å². The third kappa shape index (κ3) is 3.22. The van der Waals surface area contributed by atoms with Crippen molar-refractivity contribution in [2.45, 2.75) is 19.4 Å². The number of hydrogen-bond donors (Lipinski definition) is 2. The van der Waals surface area contributed by atoms with Crippen LogP contribution >= 0.6 is 0 Å². The third-order valence-electron chi connectivity index (χ3n) is 3.05. The highest BCUT2D eigenvalue weighted by Gasteiger charge is 2.13. The van der Waals surface area contributed by atoms with Crippen molar-refractivity contribution < 1.29 is 9.84 Å². The SMILES string of the molecule is OCc1ccc(OCC2CCNCC2)cc1. The van der Waals surface area contributed by atoms with Gasteiger partial charge in [0.2, 0.25) is 0 Å². The standard InChI is InChI=1S/C13H19NO2/c15-9-11-1-3-13(4-2-11)16-10-12-5-7-14-8-6-12/h1-4,12,14-15H,5-10H2. The van der Waals surface area contributed by atoms with Gasteiger partial charge in [-0.3, -0.25) is 0 Å². The van der Waals surface area contributed by atoms with Gasteiger partial charge in [0.15, 0.2) is 0 Å². The summed E-state index contributed by atoms with van der Waals surface area (Å²) < 4.78 is 5.74. The van der Waals surface area contributed by atoms with Gasteiger partial charge in [0.1, 0.15) is 5.75 Å². The van der Waals surface area contributed by atoms with E-state index in [1.807, 2.05) is 24.3 Å². The van der Waals surface area contributed by atoms with Crippen molar-refractivity contribution in [1.82, 2.24) is 5.32 Å². The topological polar surface area (TPSA) is 41.5 Å². The van der Waals surface area contributed by atoms with Crippen molar-refractivity contribution >= 4 is 0 Å². The predicted molar refractivity (Wildman–Crippen MR) is 63.5 cm³/mol. The normalized spacial score (nSPS) is 17.3. The molecule has 1 aromatic rings. The Hall–Kier alpha value is -1.06. The van der Waals surface area contributed by atoms with E-state index in [9.17, 15) is 0 Å². The van der Waals surface area contributed by atoms with Crippen molar-refractivity contribution in [1.29, 1.82) is 0 Å². The fraction of sp³-hybridized carbons (Fsp3) is 0.538. The number of nitrogens with one attached hydrogen (secondary N) is 1. The van der Waals surface area contributed by atoms with Crippen LogP contribution in [0.4, 0.5) is 0 Å². The lowest BCUT2D eigenvalue weighted by atomic mass is 9.99. The molecule has 0 aromatic heterocycles. The van der Waals surface area contributed by atoms with Crippen LogP contribution in [-0.4, -0.2) is 24.8 Å². The van der Waals surface area contributed by atoms with Gasteiger partial charge in [-0.25, -0.2) is 0 Å². The summed E-state index contributed by atoms with van der Waals surface area (Å²) in [5, 5.41) is 12.3. The highest BCUT2D eigenvalue weighted by Crippen LogP contribution is 2.16. The van der Waals surface area contributed by atoms with Crippen molar-refractivity contribution in [3.05, 3.63) is 29.8 Å². The van der Waals surface area contributed by atoms with Gasteiger partial charge in [0.25, 0.3) is 0 Å². The van der Waals surface area contributed by atoms with E-state index in [-0.39, 0.29) is 6.61 Å². The second kappa shape index (κ2) is 5.87. The molecule has 1 aromatic carbocycles. The molecule has 2 N–H and O–H groups in total. The third-order valence-corrected chi connectivity index (χ3v) is 3.05. The lowest BCUT2D eigenvalue weighted by molar-refractivity contribution is 0.215. The van der Waals surface area contributed by atoms with Crippen LogP contribution in [0.25, 0.3) is 0 Å². The zero-order valence-electron chi connectivity index (χ0n) is 9.48. The largest absolute Gasteiger partial charge is 0.493 e. The summed E-state index contributed by atoms with van der Waals surface area (Å²) in [5.74, 6) is 1.58. The number of aliphatic hydroxyl groups is 1. The van der Waals surface area contributed by atoms with Crippen LogP contribution in [0.15, 0.2) is 24.3 Å².